The van der Waals surface area contributed by atoms with Crippen LogP contribution in [0.3, 0.4) is 0 Å². The molecule has 2 heterocycles. The van der Waals surface area contributed by atoms with Gasteiger partial charge in [-0.25, -0.2) is 22.2 Å². The number of hydrogen-bond donors (Lipinski definition) is 2. The lowest BCUT2D eigenvalue weighted by atomic mass is 9.84. The van der Waals surface area contributed by atoms with Crippen LogP contribution in [0.4, 0.5) is 14.5 Å². The van der Waals surface area contributed by atoms with Crippen LogP contribution >= 0.6 is 0 Å². The monoisotopic (exact) mass is 475 g/mol. The maximum absolute atomic E-state index is 15.0. The Morgan fingerprint density at radius 1 is 1.21 bits per heavy atom. The summed E-state index contributed by atoms with van der Waals surface area (Å²) in [5, 5.41) is 0.925. The van der Waals surface area contributed by atoms with E-state index in [1.54, 1.807) is 6.92 Å². The number of aromatic nitrogens is 2. The van der Waals surface area contributed by atoms with Gasteiger partial charge in [-0.1, -0.05) is 26.2 Å². The molecule has 1 aromatic carbocycles. The van der Waals surface area contributed by atoms with Gasteiger partial charge in [0.25, 0.3) is 0 Å². The van der Waals surface area contributed by atoms with Crippen molar-refractivity contribution in [1.82, 2.24) is 9.97 Å². The van der Waals surface area contributed by atoms with Crippen LogP contribution in [-0.2, 0) is 16.4 Å². The molecule has 4 rings (SSSR count). The maximum Gasteiger partial charge on any atom is 0.232 e. The number of pyridine rings is 1. The van der Waals surface area contributed by atoms with Crippen LogP contribution in [0.2, 0.25) is 0 Å². The van der Waals surface area contributed by atoms with E-state index in [4.69, 9.17) is 0 Å². The van der Waals surface area contributed by atoms with Crippen LogP contribution in [0.25, 0.3) is 11.0 Å². The van der Waals surface area contributed by atoms with E-state index in [-0.39, 0.29) is 12.2 Å². The first kappa shape index (κ1) is 23.4. The lowest BCUT2D eigenvalue weighted by molar-refractivity contribution is 0.0985. The smallest absolute Gasteiger partial charge is 0.232 e. The van der Waals surface area contributed by atoms with Gasteiger partial charge in [-0.2, -0.15) is 0 Å². The second-order valence-corrected chi connectivity index (χ2v) is 10.5. The molecule has 1 fully saturated rings. The minimum atomic E-state index is -3.79. The van der Waals surface area contributed by atoms with Gasteiger partial charge in [-0.3, -0.25) is 9.52 Å². The Morgan fingerprint density at radius 2 is 1.97 bits per heavy atom. The molecule has 0 radical (unpaired) electrons. The summed E-state index contributed by atoms with van der Waals surface area (Å²) in [7, 11) is -3.79. The van der Waals surface area contributed by atoms with E-state index in [1.807, 2.05) is 12.3 Å². The molecule has 2 N–H and O–H groups in total. The molecule has 1 saturated carbocycles. The van der Waals surface area contributed by atoms with E-state index >= 15 is 0 Å². The maximum atomic E-state index is 15.0. The number of sulfonamides is 1. The molecule has 0 amide bonds. The number of halogens is 2. The Morgan fingerprint density at radius 3 is 2.70 bits per heavy atom. The lowest BCUT2D eigenvalue weighted by Gasteiger charge is -2.21. The third-order valence-electron chi connectivity index (χ3n) is 6.14. The lowest BCUT2D eigenvalue weighted by Crippen LogP contribution is -2.19. The highest BCUT2D eigenvalue weighted by atomic mass is 32.2. The molecule has 33 heavy (non-hydrogen) atoms. The van der Waals surface area contributed by atoms with Crippen LogP contribution < -0.4 is 4.72 Å². The summed E-state index contributed by atoms with van der Waals surface area (Å²) in [5.41, 5.74) is 1.23. The SMILES string of the molecule is CCCS(=O)(=O)Nc1ccc(F)c(C(=O)Cc2cnc3[nH]cc(C4CCCCC4)c3c2)c1F. The molecule has 0 aliphatic heterocycles. The molecule has 0 saturated heterocycles. The number of fused-ring (bicyclic) bond motifs is 1. The number of aromatic amines is 1. The molecule has 0 atom stereocenters. The molecule has 176 valence electrons. The van der Waals surface area contributed by atoms with Crippen LogP contribution in [0.15, 0.2) is 30.6 Å². The van der Waals surface area contributed by atoms with E-state index in [0.29, 0.717) is 17.9 Å². The third kappa shape index (κ3) is 5.08. The van der Waals surface area contributed by atoms with Crippen molar-refractivity contribution in [2.45, 2.75) is 57.8 Å². The van der Waals surface area contributed by atoms with Crippen molar-refractivity contribution in [2.75, 3.05) is 10.5 Å². The molecule has 3 aromatic rings. The molecular formula is C24H27F2N3O3S. The fourth-order valence-electron chi connectivity index (χ4n) is 4.56. The fourth-order valence-corrected chi connectivity index (χ4v) is 5.70. The molecule has 1 aliphatic carbocycles. The van der Waals surface area contributed by atoms with Crippen molar-refractivity contribution < 1.29 is 22.0 Å². The fraction of sp³-hybridized carbons (Fsp3) is 0.417. The average molecular weight is 476 g/mol. The Kier molecular flexibility index (Phi) is 6.78. The predicted octanol–water partition coefficient (Wildman–Crippen LogP) is 5.47. The van der Waals surface area contributed by atoms with Crippen molar-refractivity contribution in [3.8, 4) is 0 Å². The van der Waals surface area contributed by atoms with Crippen molar-refractivity contribution in [2.24, 2.45) is 0 Å². The summed E-state index contributed by atoms with van der Waals surface area (Å²) in [4.78, 5) is 20.4. The summed E-state index contributed by atoms with van der Waals surface area (Å²) in [6, 6.07) is 3.73. The number of anilines is 1. The van der Waals surface area contributed by atoms with Gasteiger partial charge in [0.15, 0.2) is 11.6 Å². The summed E-state index contributed by atoms with van der Waals surface area (Å²) in [6.07, 6.45) is 9.37. The van der Waals surface area contributed by atoms with Crippen molar-refractivity contribution in [3.63, 3.8) is 0 Å². The molecule has 1 aliphatic rings. The Labute approximate surface area is 191 Å². The minimum absolute atomic E-state index is 0.210. The second kappa shape index (κ2) is 9.59. The highest BCUT2D eigenvalue weighted by Gasteiger charge is 2.24. The van der Waals surface area contributed by atoms with E-state index in [2.05, 4.69) is 14.7 Å². The summed E-state index contributed by atoms with van der Waals surface area (Å²) in [6.45, 7) is 1.67. The number of ketones is 1. The van der Waals surface area contributed by atoms with E-state index in [0.717, 1.165) is 41.6 Å². The number of nitrogens with zero attached hydrogens (tertiary/aromatic N) is 1. The topological polar surface area (TPSA) is 91.9 Å². The van der Waals surface area contributed by atoms with Crippen LogP contribution in [0.1, 0.15) is 72.9 Å². The molecule has 0 bridgehead atoms. The first-order valence-corrected chi connectivity index (χ1v) is 12.9. The number of hydrogen-bond acceptors (Lipinski definition) is 4. The molecule has 0 spiro atoms. The summed E-state index contributed by atoms with van der Waals surface area (Å²) < 4.78 is 55.5. The number of H-pyrrole nitrogens is 1. The Balaban J connectivity index is 1.61. The first-order valence-electron chi connectivity index (χ1n) is 11.3. The standard InChI is InChI=1S/C24H27F2N3O3S/c1-2-10-33(31,32)29-20-9-8-19(25)22(23(20)26)21(30)12-15-11-17-18(14-28-24(17)27-13-15)16-6-4-3-5-7-16/h8-9,11,13-14,16,29H,2-7,10,12H2,1H3,(H,27,28). The number of benzene rings is 1. The third-order valence-corrected chi connectivity index (χ3v) is 7.61. The molecule has 2 aromatic heterocycles. The summed E-state index contributed by atoms with van der Waals surface area (Å²) >= 11 is 0. The highest BCUT2D eigenvalue weighted by molar-refractivity contribution is 7.92. The Bertz CT molecular complexity index is 1280. The zero-order chi connectivity index (χ0) is 23.6. The second-order valence-electron chi connectivity index (χ2n) is 8.62. The zero-order valence-electron chi connectivity index (χ0n) is 18.5. The van der Waals surface area contributed by atoms with Crippen molar-refractivity contribution in [1.29, 1.82) is 0 Å². The van der Waals surface area contributed by atoms with Gasteiger partial charge in [-0.15, -0.1) is 0 Å². The number of carbonyl (C=O) groups excluding carboxylic acids is 1. The van der Waals surface area contributed by atoms with Crippen LogP contribution in [0, 0.1) is 11.6 Å². The number of rotatable bonds is 8. The van der Waals surface area contributed by atoms with Crippen LogP contribution in [0.5, 0.6) is 0 Å². The van der Waals surface area contributed by atoms with Crippen molar-refractivity contribution >= 4 is 32.5 Å². The largest absolute Gasteiger partial charge is 0.346 e. The molecular weight excluding hydrogens is 448 g/mol. The quantitative estimate of drug-likeness (QED) is 0.423. The van der Waals surface area contributed by atoms with Gasteiger partial charge < -0.3 is 4.98 Å². The molecule has 9 heteroatoms. The van der Waals surface area contributed by atoms with Gasteiger partial charge in [-0.05, 0) is 54.5 Å². The number of Topliss-reactive ketones (excluding diaryl/α,β-unsaturated/α-hetero) is 1. The van der Waals surface area contributed by atoms with Gasteiger partial charge >= 0.3 is 0 Å². The van der Waals surface area contributed by atoms with Gasteiger partial charge in [0.2, 0.25) is 10.0 Å². The molecule has 0 unspecified atom stereocenters. The van der Waals surface area contributed by atoms with Crippen LogP contribution in [-0.4, -0.2) is 29.9 Å². The van der Waals surface area contributed by atoms with Gasteiger partial charge in [0.05, 0.1) is 17.0 Å². The normalized spacial score (nSPS) is 15.1. The first-order chi connectivity index (χ1) is 15.8. The number of nitrogens with one attached hydrogen (secondary N) is 2. The molecule has 6 nitrogen and oxygen atoms in total. The van der Waals surface area contributed by atoms with E-state index in [9.17, 15) is 22.0 Å². The number of carbonyl (C=O) groups is 1. The van der Waals surface area contributed by atoms with E-state index in [1.165, 1.54) is 25.5 Å². The Hall–Kier alpha value is -2.81. The highest BCUT2D eigenvalue weighted by Crippen LogP contribution is 2.36. The predicted molar refractivity (Wildman–Crippen MR) is 124 cm³/mol. The average Bonchev–Trinajstić information content (AvgIpc) is 3.19. The minimum Gasteiger partial charge on any atom is -0.346 e. The zero-order valence-corrected chi connectivity index (χ0v) is 19.3. The van der Waals surface area contributed by atoms with Crippen molar-refractivity contribution in [3.05, 3.63) is 58.9 Å². The summed E-state index contributed by atoms with van der Waals surface area (Å²) in [5.74, 6) is -2.80. The van der Waals surface area contributed by atoms with Gasteiger partial charge in [0.1, 0.15) is 11.5 Å². The van der Waals surface area contributed by atoms with Gasteiger partial charge in [0, 0.05) is 24.2 Å². The van der Waals surface area contributed by atoms with E-state index < -0.39 is 38.7 Å².